The van der Waals surface area contributed by atoms with E-state index in [1.807, 2.05) is 14.1 Å². The normalized spacial score (nSPS) is 17.2. The van der Waals surface area contributed by atoms with E-state index in [1.165, 1.54) is 6.07 Å². The van der Waals surface area contributed by atoms with Crippen molar-refractivity contribution in [3.05, 3.63) is 29.3 Å². The zero-order valence-corrected chi connectivity index (χ0v) is 12.2. The molecule has 1 aromatic carbocycles. The maximum Gasteiger partial charge on any atom is 0.338 e. The number of hydrogen-bond acceptors (Lipinski definition) is 3. The number of hydrogen-bond donors (Lipinski definition) is 2. The van der Waals surface area contributed by atoms with Crippen LogP contribution >= 0.6 is 0 Å². The number of likely N-dealkylation sites (N-methyl/N-ethyl adjacent to an activating group) is 1. The Labute approximate surface area is 122 Å². The Balaban J connectivity index is 2.17. The van der Waals surface area contributed by atoms with Gasteiger partial charge in [-0.1, -0.05) is 12.8 Å². The highest BCUT2D eigenvalue weighted by Crippen LogP contribution is 2.34. The molecule has 0 saturated heterocycles. The van der Waals surface area contributed by atoms with Gasteiger partial charge in [-0.3, -0.25) is 0 Å². The second kappa shape index (κ2) is 5.97. The number of aromatic carboxylic acids is 1. The highest BCUT2D eigenvalue weighted by atomic mass is 19.2. The molecule has 2 N–H and O–H groups in total. The van der Waals surface area contributed by atoms with E-state index < -0.39 is 23.2 Å². The van der Waals surface area contributed by atoms with Crippen LogP contribution in [0.1, 0.15) is 36.0 Å². The van der Waals surface area contributed by atoms with Gasteiger partial charge in [0.1, 0.15) is 0 Å². The van der Waals surface area contributed by atoms with E-state index in [9.17, 15) is 13.6 Å². The molecule has 1 fully saturated rings. The van der Waals surface area contributed by atoms with Crippen LogP contribution in [0, 0.1) is 11.6 Å². The van der Waals surface area contributed by atoms with Gasteiger partial charge in [0, 0.05) is 12.1 Å². The molecule has 0 amide bonds. The summed E-state index contributed by atoms with van der Waals surface area (Å²) in [5.41, 5.74) is -0.708. The predicted octanol–water partition coefficient (Wildman–Crippen LogP) is 2.95. The van der Waals surface area contributed by atoms with Crippen molar-refractivity contribution in [2.24, 2.45) is 0 Å². The Kier molecular flexibility index (Phi) is 4.46. The average molecular weight is 298 g/mol. The molecule has 1 saturated carbocycles. The second-order valence-corrected chi connectivity index (χ2v) is 5.77. The van der Waals surface area contributed by atoms with Crippen molar-refractivity contribution < 1.29 is 18.7 Å². The molecule has 0 heterocycles. The van der Waals surface area contributed by atoms with Crippen LogP contribution in [0.25, 0.3) is 0 Å². The Morgan fingerprint density at radius 2 is 1.90 bits per heavy atom. The largest absolute Gasteiger partial charge is 0.478 e. The number of benzene rings is 1. The summed E-state index contributed by atoms with van der Waals surface area (Å²) in [7, 11) is 3.97. The third-order valence-corrected chi connectivity index (χ3v) is 4.40. The molecule has 1 aliphatic carbocycles. The lowest BCUT2D eigenvalue weighted by atomic mass is 9.96. The lowest BCUT2D eigenvalue weighted by molar-refractivity contribution is 0.0690. The molecule has 1 aliphatic rings. The van der Waals surface area contributed by atoms with Gasteiger partial charge in [-0.15, -0.1) is 0 Å². The fraction of sp³-hybridized carbons (Fsp3) is 0.533. The van der Waals surface area contributed by atoms with Gasteiger partial charge in [0.05, 0.1) is 11.3 Å². The summed E-state index contributed by atoms with van der Waals surface area (Å²) in [4.78, 5) is 12.9. The van der Waals surface area contributed by atoms with Gasteiger partial charge in [0.15, 0.2) is 11.6 Å². The highest BCUT2D eigenvalue weighted by Gasteiger charge is 2.36. The first-order chi connectivity index (χ1) is 9.87. The Morgan fingerprint density at radius 1 is 1.29 bits per heavy atom. The molecule has 0 aliphatic heterocycles. The summed E-state index contributed by atoms with van der Waals surface area (Å²) in [5, 5.41) is 11.7. The van der Waals surface area contributed by atoms with Crippen LogP contribution in [-0.2, 0) is 0 Å². The first-order valence-corrected chi connectivity index (χ1v) is 7.00. The zero-order valence-electron chi connectivity index (χ0n) is 12.2. The molecule has 0 radical (unpaired) electrons. The van der Waals surface area contributed by atoms with Gasteiger partial charge >= 0.3 is 5.97 Å². The molecule has 116 valence electrons. The Bertz CT molecular complexity index is 541. The molecule has 4 nitrogen and oxygen atoms in total. The van der Waals surface area contributed by atoms with Crippen molar-refractivity contribution in [1.29, 1.82) is 0 Å². The van der Waals surface area contributed by atoms with Gasteiger partial charge in [0.25, 0.3) is 0 Å². The minimum atomic E-state index is -1.47. The number of carbonyl (C=O) groups is 1. The third kappa shape index (κ3) is 3.00. The van der Waals surface area contributed by atoms with Crippen LogP contribution in [0.5, 0.6) is 0 Å². The van der Waals surface area contributed by atoms with Crippen LogP contribution in [0.3, 0.4) is 0 Å². The number of nitrogens with one attached hydrogen (secondary N) is 1. The zero-order chi connectivity index (χ0) is 15.6. The third-order valence-electron chi connectivity index (χ3n) is 4.40. The summed E-state index contributed by atoms with van der Waals surface area (Å²) in [5.74, 6) is -3.93. The van der Waals surface area contributed by atoms with E-state index in [1.54, 1.807) is 0 Å². The maximum atomic E-state index is 13.9. The predicted molar refractivity (Wildman–Crippen MR) is 76.7 cm³/mol. The molecule has 6 heteroatoms. The van der Waals surface area contributed by atoms with Crippen molar-refractivity contribution in [2.75, 3.05) is 26.0 Å². The Morgan fingerprint density at radius 3 is 2.43 bits per heavy atom. The monoisotopic (exact) mass is 298 g/mol. The molecule has 0 atom stereocenters. The van der Waals surface area contributed by atoms with Crippen LogP contribution in [0.2, 0.25) is 0 Å². The van der Waals surface area contributed by atoms with Crippen molar-refractivity contribution in [3.8, 4) is 0 Å². The SMILES string of the molecule is CN(C)C1(CNc2ccc(C(=O)O)c(F)c2F)CCCC1. The summed E-state index contributed by atoms with van der Waals surface area (Å²) in [6.07, 6.45) is 4.25. The molecule has 1 aromatic rings. The van der Waals surface area contributed by atoms with Gasteiger partial charge in [-0.2, -0.15) is 0 Å². The van der Waals surface area contributed by atoms with Crippen LogP contribution < -0.4 is 5.32 Å². The number of anilines is 1. The minimum absolute atomic E-state index is 0.00521. The topological polar surface area (TPSA) is 52.6 Å². The second-order valence-electron chi connectivity index (χ2n) is 5.77. The van der Waals surface area contributed by atoms with Crippen molar-refractivity contribution >= 4 is 11.7 Å². The van der Waals surface area contributed by atoms with E-state index in [4.69, 9.17) is 5.11 Å². The molecular formula is C15H20F2N2O2. The summed E-state index contributed by atoms with van der Waals surface area (Å²) >= 11 is 0. The average Bonchev–Trinajstić information content (AvgIpc) is 2.90. The fourth-order valence-corrected chi connectivity index (χ4v) is 2.93. The standard InChI is InChI=1S/C15H20F2N2O2/c1-19(2)15(7-3-4-8-15)9-18-11-6-5-10(14(20)21)12(16)13(11)17/h5-6,18H,3-4,7-9H2,1-2H3,(H,20,21). The van der Waals surface area contributed by atoms with Gasteiger partial charge in [-0.25, -0.2) is 13.6 Å². The smallest absolute Gasteiger partial charge is 0.338 e. The summed E-state index contributed by atoms with van der Waals surface area (Å²) in [6.45, 7) is 0.503. The number of rotatable bonds is 5. The number of carboxylic acid groups (broad SMARTS) is 1. The number of halogens is 2. The Hall–Kier alpha value is -1.69. The molecule has 0 bridgehead atoms. The van der Waals surface area contributed by atoms with Crippen molar-refractivity contribution in [2.45, 2.75) is 31.2 Å². The maximum absolute atomic E-state index is 13.9. The van der Waals surface area contributed by atoms with Gasteiger partial charge in [0.2, 0.25) is 0 Å². The van der Waals surface area contributed by atoms with Crippen LogP contribution in [-0.4, -0.2) is 42.2 Å². The van der Waals surface area contributed by atoms with E-state index >= 15 is 0 Å². The van der Waals surface area contributed by atoms with Gasteiger partial charge < -0.3 is 15.3 Å². The van der Waals surface area contributed by atoms with Crippen molar-refractivity contribution in [1.82, 2.24) is 4.90 Å². The van der Waals surface area contributed by atoms with E-state index in [0.29, 0.717) is 6.54 Å². The highest BCUT2D eigenvalue weighted by molar-refractivity contribution is 5.88. The van der Waals surface area contributed by atoms with E-state index in [-0.39, 0.29) is 11.2 Å². The van der Waals surface area contributed by atoms with E-state index in [0.717, 1.165) is 31.7 Å². The molecule has 21 heavy (non-hydrogen) atoms. The first kappa shape index (κ1) is 15.7. The number of nitrogens with zero attached hydrogens (tertiary/aromatic N) is 1. The lowest BCUT2D eigenvalue weighted by Crippen LogP contribution is -2.47. The molecule has 0 spiro atoms. The molecule has 0 unspecified atom stereocenters. The molecular weight excluding hydrogens is 278 g/mol. The quantitative estimate of drug-likeness (QED) is 0.877. The molecule has 0 aromatic heterocycles. The van der Waals surface area contributed by atoms with Crippen molar-refractivity contribution in [3.63, 3.8) is 0 Å². The van der Waals surface area contributed by atoms with Crippen LogP contribution in [0.4, 0.5) is 14.5 Å². The van der Waals surface area contributed by atoms with Gasteiger partial charge in [-0.05, 0) is 39.1 Å². The molecule has 2 rings (SSSR count). The summed E-state index contributed by atoms with van der Waals surface area (Å²) < 4.78 is 27.6. The first-order valence-electron chi connectivity index (χ1n) is 7.00. The minimum Gasteiger partial charge on any atom is -0.478 e. The number of carboxylic acids is 1. The van der Waals surface area contributed by atoms with Crippen LogP contribution in [0.15, 0.2) is 12.1 Å². The summed E-state index contributed by atoms with van der Waals surface area (Å²) in [6, 6.07) is 2.36. The van der Waals surface area contributed by atoms with E-state index in [2.05, 4.69) is 10.2 Å². The fourth-order valence-electron chi connectivity index (χ4n) is 2.93. The lowest BCUT2D eigenvalue weighted by Gasteiger charge is -2.36.